The molecule has 2 atom stereocenters. The molecule has 1 amide bonds. The lowest BCUT2D eigenvalue weighted by molar-refractivity contribution is -0.149. The van der Waals surface area contributed by atoms with Gasteiger partial charge in [-0.3, -0.25) is 9.69 Å². The monoisotopic (exact) mass is 450 g/mol. The summed E-state index contributed by atoms with van der Waals surface area (Å²) >= 11 is 0. The molecule has 1 unspecified atom stereocenters. The number of aromatic nitrogens is 1. The van der Waals surface area contributed by atoms with Crippen molar-refractivity contribution in [1.29, 1.82) is 0 Å². The molecule has 176 valence electrons. The van der Waals surface area contributed by atoms with Crippen LogP contribution in [-0.2, 0) is 27.2 Å². The highest BCUT2D eigenvalue weighted by molar-refractivity contribution is 5.80. The van der Waals surface area contributed by atoms with Crippen LogP contribution in [0.1, 0.15) is 49.0 Å². The molecule has 1 fully saturated rings. The SMILES string of the molecule is CCOC(=O)C(c1ccccc1)N1CC[C@@H](C(=O)NCCCc2ccc3c(n2)NCCC3)C1. The minimum absolute atomic E-state index is 0.0632. The molecule has 0 saturated carbocycles. The number of amides is 1. The summed E-state index contributed by atoms with van der Waals surface area (Å²) in [7, 11) is 0. The predicted octanol–water partition coefficient (Wildman–Crippen LogP) is 3.11. The van der Waals surface area contributed by atoms with E-state index in [9.17, 15) is 9.59 Å². The highest BCUT2D eigenvalue weighted by atomic mass is 16.5. The van der Waals surface area contributed by atoms with Crippen molar-refractivity contribution in [2.45, 2.75) is 45.1 Å². The Hall–Kier alpha value is -2.93. The Labute approximate surface area is 195 Å². The number of benzene rings is 1. The maximum Gasteiger partial charge on any atom is 0.327 e. The topological polar surface area (TPSA) is 83.6 Å². The normalized spacial score (nSPS) is 18.8. The van der Waals surface area contributed by atoms with Crippen molar-refractivity contribution >= 4 is 17.7 Å². The molecule has 7 heteroatoms. The number of rotatable bonds is 9. The Kier molecular flexibility index (Phi) is 7.94. The zero-order valence-corrected chi connectivity index (χ0v) is 19.4. The summed E-state index contributed by atoms with van der Waals surface area (Å²) in [6, 6.07) is 13.5. The molecule has 0 aliphatic carbocycles. The zero-order chi connectivity index (χ0) is 23.0. The Morgan fingerprint density at radius 3 is 2.91 bits per heavy atom. The minimum Gasteiger partial charge on any atom is -0.465 e. The number of fused-ring (bicyclic) bond motifs is 1. The van der Waals surface area contributed by atoms with Crippen LogP contribution in [0.15, 0.2) is 42.5 Å². The summed E-state index contributed by atoms with van der Waals surface area (Å²) in [5.74, 6) is 0.713. The number of esters is 1. The van der Waals surface area contributed by atoms with Gasteiger partial charge in [-0.05, 0) is 56.2 Å². The first-order valence-corrected chi connectivity index (χ1v) is 12.1. The van der Waals surface area contributed by atoms with Crippen LogP contribution < -0.4 is 10.6 Å². The Morgan fingerprint density at radius 1 is 1.24 bits per heavy atom. The molecule has 2 aliphatic rings. The van der Waals surface area contributed by atoms with Crippen LogP contribution in [0.2, 0.25) is 0 Å². The van der Waals surface area contributed by atoms with Gasteiger partial charge in [-0.2, -0.15) is 0 Å². The van der Waals surface area contributed by atoms with Crippen LogP contribution >= 0.6 is 0 Å². The van der Waals surface area contributed by atoms with Crippen molar-refractivity contribution < 1.29 is 14.3 Å². The number of ether oxygens (including phenoxy) is 1. The van der Waals surface area contributed by atoms with E-state index in [1.165, 1.54) is 5.56 Å². The smallest absolute Gasteiger partial charge is 0.327 e. The lowest BCUT2D eigenvalue weighted by atomic mass is 10.1. The van der Waals surface area contributed by atoms with Gasteiger partial charge in [0, 0.05) is 31.9 Å². The number of nitrogens with zero attached hydrogens (tertiary/aromatic N) is 2. The average Bonchev–Trinajstić information content (AvgIpc) is 3.32. The third-order valence-corrected chi connectivity index (χ3v) is 6.44. The Bertz CT molecular complexity index is 950. The summed E-state index contributed by atoms with van der Waals surface area (Å²) in [5, 5.41) is 6.46. The fourth-order valence-electron chi connectivity index (χ4n) is 4.72. The number of aryl methyl sites for hydroxylation is 2. The van der Waals surface area contributed by atoms with E-state index in [2.05, 4.69) is 27.7 Å². The van der Waals surface area contributed by atoms with Gasteiger partial charge in [0.1, 0.15) is 11.9 Å². The van der Waals surface area contributed by atoms with Gasteiger partial charge in [0.05, 0.1) is 12.5 Å². The molecule has 1 aromatic heterocycles. The molecule has 2 aromatic rings. The van der Waals surface area contributed by atoms with E-state index >= 15 is 0 Å². The fraction of sp³-hybridized carbons (Fsp3) is 0.500. The second-order valence-corrected chi connectivity index (χ2v) is 8.78. The van der Waals surface area contributed by atoms with Crippen LogP contribution in [0, 0.1) is 5.92 Å². The van der Waals surface area contributed by atoms with Gasteiger partial charge < -0.3 is 15.4 Å². The molecular formula is C26H34N4O3. The van der Waals surface area contributed by atoms with Gasteiger partial charge in [-0.25, -0.2) is 9.78 Å². The van der Waals surface area contributed by atoms with Gasteiger partial charge in [-0.1, -0.05) is 36.4 Å². The van der Waals surface area contributed by atoms with Gasteiger partial charge in [0.25, 0.3) is 0 Å². The molecule has 2 aliphatic heterocycles. The molecule has 3 heterocycles. The highest BCUT2D eigenvalue weighted by Crippen LogP contribution is 2.29. The average molecular weight is 451 g/mol. The van der Waals surface area contributed by atoms with Gasteiger partial charge >= 0.3 is 5.97 Å². The lowest BCUT2D eigenvalue weighted by Gasteiger charge is -2.26. The number of carbonyl (C=O) groups is 2. The van der Waals surface area contributed by atoms with Crippen LogP contribution in [0.3, 0.4) is 0 Å². The van der Waals surface area contributed by atoms with E-state index in [0.717, 1.165) is 55.7 Å². The molecule has 7 nitrogen and oxygen atoms in total. The Balaban J connectivity index is 1.26. The number of hydrogen-bond donors (Lipinski definition) is 2. The van der Waals surface area contributed by atoms with Crippen molar-refractivity contribution in [3.8, 4) is 0 Å². The van der Waals surface area contributed by atoms with E-state index in [0.29, 0.717) is 26.2 Å². The molecule has 0 spiro atoms. The van der Waals surface area contributed by atoms with E-state index in [4.69, 9.17) is 9.72 Å². The number of carbonyl (C=O) groups excluding carboxylic acids is 2. The maximum atomic E-state index is 12.8. The van der Waals surface area contributed by atoms with Crippen molar-refractivity contribution in [3.63, 3.8) is 0 Å². The third-order valence-electron chi connectivity index (χ3n) is 6.44. The zero-order valence-electron chi connectivity index (χ0n) is 19.4. The first kappa shape index (κ1) is 23.2. The molecule has 2 N–H and O–H groups in total. The second kappa shape index (κ2) is 11.3. The minimum atomic E-state index is -0.465. The van der Waals surface area contributed by atoms with Crippen LogP contribution in [0.25, 0.3) is 0 Å². The number of anilines is 1. The molecular weight excluding hydrogens is 416 g/mol. The summed E-state index contributed by atoms with van der Waals surface area (Å²) in [4.78, 5) is 32.2. The largest absolute Gasteiger partial charge is 0.465 e. The third kappa shape index (κ3) is 5.90. The van der Waals surface area contributed by atoms with Crippen molar-refractivity contribution in [2.75, 3.05) is 38.1 Å². The summed E-state index contributed by atoms with van der Waals surface area (Å²) in [5.41, 5.74) is 3.26. The van der Waals surface area contributed by atoms with Gasteiger partial charge in [0.15, 0.2) is 0 Å². The second-order valence-electron chi connectivity index (χ2n) is 8.78. The first-order valence-electron chi connectivity index (χ1n) is 12.1. The van der Waals surface area contributed by atoms with E-state index in [1.54, 1.807) is 0 Å². The Morgan fingerprint density at radius 2 is 2.09 bits per heavy atom. The molecule has 33 heavy (non-hydrogen) atoms. The standard InChI is InChI=1S/C26H34N4O3/c1-2-33-26(32)23(19-8-4-3-5-9-19)30-17-14-21(18-30)25(31)28-16-7-11-22-13-12-20-10-6-15-27-24(20)29-22/h3-5,8-9,12-13,21,23H,2,6-7,10-11,14-18H2,1H3,(H,27,29)(H,28,31)/t21-,23?/m1/s1. The van der Waals surface area contributed by atoms with Gasteiger partial charge in [0.2, 0.25) is 5.91 Å². The fourth-order valence-corrected chi connectivity index (χ4v) is 4.72. The maximum absolute atomic E-state index is 12.8. The van der Waals surface area contributed by atoms with Crippen molar-refractivity contribution in [3.05, 3.63) is 59.3 Å². The van der Waals surface area contributed by atoms with E-state index in [1.807, 2.05) is 37.3 Å². The van der Waals surface area contributed by atoms with Crippen LogP contribution in [-0.4, -0.2) is 54.5 Å². The molecule has 0 bridgehead atoms. The molecule has 4 rings (SSSR count). The summed E-state index contributed by atoms with van der Waals surface area (Å²) in [6.07, 6.45) is 4.68. The van der Waals surface area contributed by atoms with Crippen LogP contribution in [0.5, 0.6) is 0 Å². The highest BCUT2D eigenvalue weighted by Gasteiger charge is 2.36. The molecule has 1 saturated heterocycles. The molecule has 1 aromatic carbocycles. The number of hydrogen-bond acceptors (Lipinski definition) is 6. The predicted molar refractivity (Wildman–Crippen MR) is 128 cm³/mol. The van der Waals surface area contributed by atoms with Crippen molar-refractivity contribution in [1.82, 2.24) is 15.2 Å². The number of likely N-dealkylation sites (tertiary alicyclic amines) is 1. The molecule has 0 radical (unpaired) electrons. The number of pyridine rings is 1. The first-order chi connectivity index (χ1) is 16.2. The van der Waals surface area contributed by atoms with Crippen LogP contribution in [0.4, 0.5) is 5.82 Å². The van der Waals surface area contributed by atoms with E-state index < -0.39 is 6.04 Å². The van der Waals surface area contributed by atoms with Crippen molar-refractivity contribution in [2.24, 2.45) is 5.92 Å². The summed E-state index contributed by atoms with van der Waals surface area (Å²) in [6.45, 7) is 5.02. The van der Waals surface area contributed by atoms with E-state index in [-0.39, 0.29) is 17.8 Å². The lowest BCUT2D eigenvalue weighted by Crippen LogP contribution is -2.37. The summed E-state index contributed by atoms with van der Waals surface area (Å²) < 4.78 is 5.33. The number of nitrogens with one attached hydrogen (secondary N) is 2. The quantitative estimate of drug-likeness (QED) is 0.451. The van der Waals surface area contributed by atoms with Gasteiger partial charge in [-0.15, -0.1) is 0 Å².